The van der Waals surface area contributed by atoms with Gasteiger partial charge in [0.05, 0.1) is 11.0 Å². The zero-order valence-corrected chi connectivity index (χ0v) is 10.7. The third-order valence-electron chi connectivity index (χ3n) is 2.00. The number of hydrogen-bond donors (Lipinski definition) is 0. The largest absolute Gasteiger partial charge is 0.470 e. The Morgan fingerprint density at radius 3 is 2.94 bits per heavy atom. The fourth-order valence-electron chi connectivity index (χ4n) is 1.29. The zero-order chi connectivity index (χ0) is 12.1. The maximum atomic E-state index is 10.8. The molecule has 88 valence electrons. The Bertz CT molecular complexity index is 384. The summed E-state index contributed by atoms with van der Waals surface area (Å²) in [5, 5.41) is 10.8. The summed E-state index contributed by atoms with van der Waals surface area (Å²) < 4.78 is 5.99. The minimum atomic E-state index is -0.494. The van der Waals surface area contributed by atoms with Crippen molar-refractivity contribution in [2.45, 2.75) is 32.8 Å². The molecule has 5 nitrogen and oxygen atoms in total. The summed E-state index contributed by atoms with van der Waals surface area (Å²) in [6.45, 7) is 3.90. The van der Waals surface area contributed by atoms with Crippen molar-refractivity contribution in [1.82, 2.24) is 4.98 Å². The van der Waals surface area contributed by atoms with E-state index in [1.165, 1.54) is 12.3 Å². The van der Waals surface area contributed by atoms with Gasteiger partial charge in [-0.1, -0.05) is 13.3 Å². The molecule has 0 saturated carbocycles. The summed E-state index contributed by atoms with van der Waals surface area (Å²) in [5.74, 6) is 0.0779. The van der Waals surface area contributed by atoms with Crippen LogP contribution in [0.2, 0.25) is 0 Å². The van der Waals surface area contributed by atoms with Crippen molar-refractivity contribution in [2.75, 3.05) is 0 Å². The highest BCUT2D eigenvalue weighted by Crippen LogP contribution is 2.28. The monoisotopic (exact) mass is 288 g/mol. The number of nitrogens with zero attached hydrogens (tertiary/aromatic N) is 2. The van der Waals surface area contributed by atoms with Crippen molar-refractivity contribution in [2.24, 2.45) is 0 Å². The quantitative estimate of drug-likeness (QED) is 0.616. The molecule has 1 unspecified atom stereocenters. The molecule has 0 radical (unpaired) electrons. The average molecular weight is 289 g/mol. The molecule has 1 rings (SSSR count). The van der Waals surface area contributed by atoms with Gasteiger partial charge in [-0.2, -0.15) is 0 Å². The highest BCUT2D eigenvalue weighted by molar-refractivity contribution is 9.10. The maximum Gasteiger partial charge on any atom is 0.332 e. The van der Waals surface area contributed by atoms with Crippen molar-refractivity contribution >= 4 is 21.6 Å². The van der Waals surface area contributed by atoms with E-state index in [4.69, 9.17) is 4.74 Å². The van der Waals surface area contributed by atoms with Crippen molar-refractivity contribution in [1.29, 1.82) is 0 Å². The van der Waals surface area contributed by atoms with Gasteiger partial charge < -0.3 is 4.74 Å². The van der Waals surface area contributed by atoms with E-state index < -0.39 is 4.92 Å². The standard InChI is InChI=1S/C10H13BrN2O3/c1-3-4-7(2)16-10-9(13(14)15)5-8(11)6-12-10/h5-7H,3-4H2,1-2H3. The summed E-state index contributed by atoms with van der Waals surface area (Å²) in [6.07, 6.45) is 3.22. The number of rotatable bonds is 5. The van der Waals surface area contributed by atoms with Crippen LogP contribution >= 0.6 is 15.9 Å². The van der Waals surface area contributed by atoms with E-state index in [-0.39, 0.29) is 17.7 Å². The molecule has 0 N–H and O–H groups in total. The van der Waals surface area contributed by atoms with E-state index in [9.17, 15) is 10.1 Å². The summed E-state index contributed by atoms with van der Waals surface area (Å²) in [5.41, 5.74) is -0.114. The highest BCUT2D eigenvalue weighted by Gasteiger charge is 2.19. The first-order chi connectivity index (χ1) is 7.54. The van der Waals surface area contributed by atoms with Gasteiger partial charge in [-0.25, -0.2) is 4.98 Å². The second-order valence-electron chi connectivity index (χ2n) is 3.45. The Morgan fingerprint density at radius 2 is 2.38 bits per heavy atom. The van der Waals surface area contributed by atoms with E-state index in [0.29, 0.717) is 4.47 Å². The number of halogens is 1. The van der Waals surface area contributed by atoms with Crippen LogP contribution in [-0.4, -0.2) is 16.0 Å². The van der Waals surface area contributed by atoms with Crippen molar-refractivity contribution in [3.05, 3.63) is 26.9 Å². The third-order valence-corrected chi connectivity index (χ3v) is 2.44. The number of ether oxygens (including phenoxy) is 1. The third kappa shape index (κ3) is 3.44. The molecule has 1 heterocycles. The zero-order valence-electron chi connectivity index (χ0n) is 9.14. The molecule has 1 aromatic rings. The molecule has 0 fully saturated rings. The normalized spacial score (nSPS) is 12.2. The number of hydrogen-bond acceptors (Lipinski definition) is 4. The van der Waals surface area contributed by atoms with Crippen molar-refractivity contribution in [3.63, 3.8) is 0 Å². The van der Waals surface area contributed by atoms with E-state index in [1.54, 1.807) is 0 Å². The SMILES string of the molecule is CCCC(C)Oc1ncc(Br)cc1[N+](=O)[O-]. The number of pyridine rings is 1. The topological polar surface area (TPSA) is 65.3 Å². The lowest BCUT2D eigenvalue weighted by Crippen LogP contribution is -2.13. The molecule has 0 amide bonds. The fourth-order valence-corrected chi connectivity index (χ4v) is 1.61. The van der Waals surface area contributed by atoms with Crippen LogP contribution in [0.3, 0.4) is 0 Å². The van der Waals surface area contributed by atoms with Gasteiger partial charge in [-0.15, -0.1) is 0 Å². The first-order valence-corrected chi connectivity index (χ1v) is 5.80. The molecule has 0 spiro atoms. The van der Waals surface area contributed by atoms with Gasteiger partial charge in [0.15, 0.2) is 0 Å². The fraction of sp³-hybridized carbons (Fsp3) is 0.500. The van der Waals surface area contributed by atoms with Crippen molar-refractivity contribution < 1.29 is 9.66 Å². The summed E-state index contributed by atoms with van der Waals surface area (Å²) >= 11 is 3.14. The van der Waals surface area contributed by atoms with Gasteiger partial charge in [0.1, 0.15) is 0 Å². The smallest absolute Gasteiger partial charge is 0.332 e. The minimum Gasteiger partial charge on any atom is -0.470 e. The molecule has 0 aliphatic rings. The highest BCUT2D eigenvalue weighted by atomic mass is 79.9. The lowest BCUT2D eigenvalue weighted by Gasteiger charge is -2.12. The lowest BCUT2D eigenvalue weighted by atomic mass is 10.2. The maximum absolute atomic E-state index is 10.8. The molecule has 16 heavy (non-hydrogen) atoms. The minimum absolute atomic E-state index is 0.0719. The van der Waals surface area contributed by atoms with E-state index in [0.717, 1.165) is 12.8 Å². The summed E-state index contributed by atoms with van der Waals surface area (Å²) in [7, 11) is 0. The van der Waals surface area contributed by atoms with Crippen LogP contribution in [0.4, 0.5) is 5.69 Å². The first kappa shape index (κ1) is 12.9. The molecule has 1 atom stereocenters. The number of nitro groups is 1. The number of aromatic nitrogens is 1. The lowest BCUT2D eigenvalue weighted by molar-refractivity contribution is -0.386. The Balaban J connectivity index is 2.90. The molecule has 0 bridgehead atoms. The van der Waals surface area contributed by atoms with Crippen LogP contribution in [0, 0.1) is 10.1 Å². The average Bonchev–Trinajstić information content (AvgIpc) is 2.20. The summed E-state index contributed by atoms with van der Waals surface area (Å²) in [4.78, 5) is 14.2. The van der Waals surface area contributed by atoms with Crippen LogP contribution in [0.25, 0.3) is 0 Å². The molecule has 0 saturated heterocycles. The first-order valence-electron chi connectivity index (χ1n) is 5.01. The predicted octanol–water partition coefficient (Wildman–Crippen LogP) is 3.32. The Kier molecular flexibility index (Phi) is 4.67. The second kappa shape index (κ2) is 5.79. The Morgan fingerprint density at radius 1 is 1.69 bits per heavy atom. The Hall–Kier alpha value is -1.17. The van der Waals surface area contributed by atoms with Crippen LogP contribution in [-0.2, 0) is 0 Å². The van der Waals surface area contributed by atoms with Gasteiger partial charge in [0.25, 0.3) is 5.88 Å². The summed E-state index contributed by atoms with van der Waals surface area (Å²) in [6, 6.07) is 1.39. The molecule has 0 aliphatic carbocycles. The molecule has 1 aromatic heterocycles. The van der Waals surface area contributed by atoms with Crippen LogP contribution in [0.15, 0.2) is 16.7 Å². The van der Waals surface area contributed by atoms with Crippen molar-refractivity contribution in [3.8, 4) is 5.88 Å². The molecule has 6 heteroatoms. The van der Waals surface area contributed by atoms with Gasteiger partial charge in [0.2, 0.25) is 0 Å². The van der Waals surface area contributed by atoms with E-state index in [2.05, 4.69) is 20.9 Å². The van der Waals surface area contributed by atoms with Crippen LogP contribution in [0.5, 0.6) is 5.88 Å². The second-order valence-corrected chi connectivity index (χ2v) is 4.37. The molecule has 0 aromatic carbocycles. The molecule has 0 aliphatic heterocycles. The van der Waals surface area contributed by atoms with Gasteiger partial charge in [-0.3, -0.25) is 10.1 Å². The van der Waals surface area contributed by atoms with Crippen LogP contribution in [0.1, 0.15) is 26.7 Å². The Labute approximate surface area is 102 Å². The van der Waals surface area contributed by atoms with Gasteiger partial charge in [-0.05, 0) is 29.3 Å². The molecular weight excluding hydrogens is 276 g/mol. The van der Waals surface area contributed by atoms with E-state index >= 15 is 0 Å². The van der Waals surface area contributed by atoms with Gasteiger partial charge >= 0.3 is 5.69 Å². The van der Waals surface area contributed by atoms with E-state index in [1.807, 2.05) is 13.8 Å². The van der Waals surface area contributed by atoms with Crippen LogP contribution < -0.4 is 4.74 Å². The molecular formula is C10H13BrN2O3. The van der Waals surface area contributed by atoms with Gasteiger partial charge in [0, 0.05) is 16.7 Å². The predicted molar refractivity (Wildman–Crippen MR) is 63.6 cm³/mol.